The molecule has 1 aromatic carbocycles. The van der Waals surface area contributed by atoms with Crippen LogP contribution in [0.2, 0.25) is 5.02 Å². The second-order valence-electron chi connectivity index (χ2n) is 4.97. The molecule has 0 radical (unpaired) electrons. The first-order valence-corrected chi connectivity index (χ1v) is 6.50. The van der Waals surface area contributed by atoms with Gasteiger partial charge in [0.05, 0.1) is 12.1 Å². The number of amides is 1. The van der Waals surface area contributed by atoms with E-state index in [0.29, 0.717) is 12.1 Å². The van der Waals surface area contributed by atoms with Gasteiger partial charge in [-0.05, 0) is 18.2 Å². The zero-order valence-electron chi connectivity index (χ0n) is 11.0. The highest BCUT2D eigenvalue weighted by atomic mass is 35.5. The first-order valence-electron chi connectivity index (χ1n) is 6.12. The quantitative estimate of drug-likeness (QED) is 0.843. The highest BCUT2D eigenvalue weighted by Gasteiger charge is 2.47. The average Bonchev–Trinajstić information content (AvgIpc) is 2.80. The fourth-order valence-electron chi connectivity index (χ4n) is 2.18. The fraction of sp³-hybridized carbons (Fsp3) is 0.385. The number of carbonyl (C=O) groups is 2. The molecule has 120 valence electrons. The summed E-state index contributed by atoms with van der Waals surface area (Å²) in [6, 6.07) is 2.30. The second-order valence-corrected chi connectivity index (χ2v) is 5.41. The number of alkyl halides is 4. The van der Waals surface area contributed by atoms with Crippen molar-refractivity contribution in [3.05, 3.63) is 34.3 Å². The lowest BCUT2D eigenvalue weighted by atomic mass is 10.1. The van der Waals surface area contributed by atoms with Crippen molar-refractivity contribution in [2.75, 3.05) is 13.1 Å². The van der Waals surface area contributed by atoms with Crippen LogP contribution in [0, 0.1) is 0 Å². The number of carbonyl (C=O) groups excluding carboxylic acids is 1. The van der Waals surface area contributed by atoms with Gasteiger partial charge in [0.2, 0.25) is 5.67 Å². The Labute approximate surface area is 127 Å². The second kappa shape index (κ2) is 5.42. The van der Waals surface area contributed by atoms with Gasteiger partial charge in [0, 0.05) is 23.6 Å². The lowest BCUT2D eigenvalue weighted by Gasteiger charge is -2.18. The van der Waals surface area contributed by atoms with E-state index in [2.05, 4.69) is 0 Å². The molecule has 1 heterocycles. The Morgan fingerprint density at radius 1 is 1.27 bits per heavy atom. The van der Waals surface area contributed by atoms with Crippen molar-refractivity contribution in [3.63, 3.8) is 0 Å². The van der Waals surface area contributed by atoms with Gasteiger partial charge < -0.3 is 10.0 Å². The molecule has 0 spiro atoms. The topological polar surface area (TPSA) is 57.6 Å². The number of hydrogen-bond donors (Lipinski definition) is 1. The standard InChI is InChI=1S/C13H10ClF4NO3/c14-9-4-7(3-8(5-9)13(16,17)18)10(20)19-2-1-12(15,6-19)11(21)22/h3-5H,1-2,6H2,(H,21,22). The molecular formula is C13H10ClF4NO3. The molecule has 2 rings (SSSR count). The summed E-state index contributed by atoms with van der Waals surface area (Å²) in [5, 5.41) is 8.46. The molecule has 1 amide bonds. The minimum absolute atomic E-state index is 0.199. The predicted molar refractivity (Wildman–Crippen MR) is 68.4 cm³/mol. The molecule has 1 aliphatic rings. The van der Waals surface area contributed by atoms with E-state index in [1.165, 1.54) is 0 Å². The van der Waals surface area contributed by atoms with E-state index in [-0.39, 0.29) is 17.1 Å². The summed E-state index contributed by atoms with van der Waals surface area (Å²) in [5.74, 6) is -2.60. The van der Waals surface area contributed by atoms with Gasteiger partial charge in [0.15, 0.2) is 0 Å². The van der Waals surface area contributed by atoms with Crippen LogP contribution in [0.3, 0.4) is 0 Å². The third kappa shape index (κ3) is 3.16. The van der Waals surface area contributed by atoms with Gasteiger partial charge in [-0.15, -0.1) is 0 Å². The van der Waals surface area contributed by atoms with E-state index >= 15 is 0 Å². The van der Waals surface area contributed by atoms with Crippen molar-refractivity contribution in [1.29, 1.82) is 0 Å². The Morgan fingerprint density at radius 2 is 1.91 bits per heavy atom. The van der Waals surface area contributed by atoms with Crippen molar-refractivity contribution in [1.82, 2.24) is 4.90 Å². The van der Waals surface area contributed by atoms with Gasteiger partial charge in [0.25, 0.3) is 5.91 Å². The van der Waals surface area contributed by atoms with Crippen LogP contribution in [0.5, 0.6) is 0 Å². The maximum atomic E-state index is 13.9. The number of halogens is 5. The Hall–Kier alpha value is -1.83. The summed E-state index contributed by atoms with van der Waals surface area (Å²) >= 11 is 5.57. The van der Waals surface area contributed by atoms with E-state index in [9.17, 15) is 27.2 Å². The monoisotopic (exact) mass is 339 g/mol. The maximum absolute atomic E-state index is 13.9. The molecule has 1 atom stereocenters. The summed E-state index contributed by atoms with van der Waals surface area (Å²) in [5.41, 5.74) is -4.05. The molecule has 0 aliphatic carbocycles. The normalized spacial score (nSPS) is 22.0. The largest absolute Gasteiger partial charge is 0.479 e. The van der Waals surface area contributed by atoms with Crippen LogP contribution >= 0.6 is 11.6 Å². The van der Waals surface area contributed by atoms with Crippen molar-refractivity contribution < 1.29 is 32.3 Å². The summed E-state index contributed by atoms with van der Waals surface area (Å²) in [7, 11) is 0. The van der Waals surface area contributed by atoms with Crippen LogP contribution in [0.1, 0.15) is 22.3 Å². The van der Waals surface area contributed by atoms with Crippen LogP contribution in [0.4, 0.5) is 17.6 Å². The van der Waals surface area contributed by atoms with Crippen molar-refractivity contribution in [2.24, 2.45) is 0 Å². The van der Waals surface area contributed by atoms with Crippen LogP contribution in [-0.4, -0.2) is 40.6 Å². The van der Waals surface area contributed by atoms with Crippen LogP contribution in [0.15, 0.2) is 18.2 Å². The molecule has 1 unspecified atom stereocenters. The Kier molecular flexibility index (Phi) is 4.08. The molecule has 0 bridgehead atoms. The average molecular weight is 340 g/mol. The molecule has 0 aromatic heterocycles. The Balaban J connectivity index is 2.28. The molecular weight excluding hydrogens is 330 g/mol. The highest BCUT2D eigenvalue weighted by molar-refractivity contribution is 6.31. The van der Waals surface area contributed by atoms with E-state index in [4.69, 9.17) is 16.7 Å². The van der Waals surface area contributed by atoms with E-state index in [1.54, 1.807) is 0 Å². The first-order chi connectivity index (χ1) is 10.0. The van der Waals surface area contributed by atoms with Crippen LogP contribution in [0.25, 0.3) is 0 Å². The fourth-order valence-corrected chi connectivity index (χ4v) is 2.42. The first kappa shape index (κ1) is 16.5. The molecule has 9 heteroatoms. The lowest BCUT2D eigenvalue weighted by Crippen LogP contribution is -2.39. The van der Waals surface area contributed by atoms with Gasteiger partial charge in [-0.25, -0.2) is 9.18 Å². The minimum Gasteiger partial charge on any atom is -0.479 e. The molecule has 1 fully saturated rings. The van der Waals surface area contributed by atoms with E-state index in [1.807, 2.05) is 0 Å². The van der Waals surface area contributed by atoms with Crippen molar-refractivity contribution in [2.45, 2.75) is 18.3 Å². The zero-order valence-corrected chi connectivity index (χ0v) is 11.7. The number of benzene rings is 1. The summed E-state index contributed by atoms with van der Waals surface area (Å²) in [6.45, 7) is -0.912. The molecule has 0 saturated carbocycles. The third-order valence-electron chi connectivity index (χ3n) is 3.36. The van der Waals surface area contributed by atoms with Gasteiger partial charge in [-0.3, -0.25) is 4.79 Å². The minimum atomic E-state index is -4.68. The highest BCUT2D eigenvalue weighted by Crippen LogP contribution is 2.33. The predicted octanol–water partition coefficient (Wildman–Crippen LogP) is 3.00. The molecule has 1 saturated heterocycles. The van der Waals surface area contributed by atoms with Crippen LogP contribution in [-0.2, 0) is 11.0 Å². The number of carboxylic acids is 1. The van der Waals surface area contributed by atoms with E-state index in [0.717, 1.165) is 11.0 Å². The molecule has 1 aliphatic heterocycles. The number of carboxylic acid groups (broad SMARTS) is 1. The zero-order chi connectivity index (χ0) is 16.7. The van der Waals surface area contributed by atoms with Gasteiger partial charge in [-0.2, -0.15) is 13.2 Å². The molecule has 22 heavy (non-hydrogen) atoms. The lowest BCUT2D eigenvalue weighted by molar-refractivity contribution is -0.149. The molecule has 4 nitrogen and oxygen atoms in total. The van der Waals surface area contributed by atoms with Gasteiger partial charge >= 0.3 is 12.1 Å². The van der Waals surface area contributed by atoms with E-state index < -0.39 is 42.3 Å². The number of hydrogen-bond acceptors (Lipinski definition) is 2. The van der Waals surface area contributed by atoms with Gasteiger partial charge in [-0.1, -0.05) is 11.6 Å². The smallest absolute Gasteiger partial charge is 0.416 e. The number of likely N-dealkylation sites (tertiary alicyclic amines) is 1. The number of aliphatic carboxylic acids is 1. The number of nitrogens with zero attached hydrogens (tertiary/aromatic N) is 1. The van der Waals surface area contributed by atoms with Gasteiger partial charge in [0.1, 0.15) is 0 Å². The SMILES string of the molecule is O=C(c1cc(Cl)cc(C(F)(F)F)c1)N1CCC(F)(C(=O)O)C1. The summed E-state index contributed by atoms with van der Waals surface area (Å²) in [6.07, 6.45) is -5.10. The van der Waals surface area contributed by atoms with Crippen LogP contribution < -0.4 is 0 Å². The van der Waals surface area contributed by atoms with Crippen molar-refractivity contribution >= 4 is 23.5 Å². The maximum Gasteiger partial charge on any atom is 0.416 e. The van der Waals surface area contributed by atoms with Crippen molar-refractivity contribution in [3.8, 4) is 0 Å². The third-order valence-corrected chi connectivity index (χ3v) is 3.58. The molecule has 1 aromatic rings. The summed E-state index contributed by atoms with van der Waals surface area (Å²) < 4.78 is 52.0. The Morgan fingerprint density at radius 3 is 2.41 bits per heavy atom. The molecule has 1 N–H and O–H groups in total. The summed E-state index contributed by atoms with van der Waals surface area (Å²) in [4.78, 5) is 23.8. The Bertz CT molecular complexity index is 634. The number of rotatable bonds is 2.